The Morgan fingerprint density at radius 2 is 1.19 bits per heavy atom. The second-order valence-corrected chi connectivity index (χ2v) is 21.4. The van der Waals surface area contributed by atoms with Crippen LogP contribution >= 0.6 is 12.4 Å². The van der Waals surface area contributed by atoms with E-state index in [0.717, 1.165) is 74.6 Å². The molecule has 382 valence electrons. The van der Waals surface area contributed by atoms with Crippen molar-refractivity contribution >= 4 is 46.3 Å². The molecule has 1 aliphatic carbocycles. The smallest absolute Gasteiger partial charge is 0.204 e. The lowest BCUT2D eigenvalue weighted by Crippen LogP contribution is -2.48. The first-order chi connectivity index (χ1) is 36.0. The summed E-state index contributed by atoms with van der Waals surface area (Å²) in [6.45, 7) is 6.37. The van der Waals surface area contributed by atoms with Crippen molar-refractivity contribution in [3.05, 3.63) is 248 Å². The lowest BCUT2D eigenvalue weighted by atomic mass is 9.90. The Kier molecular flexibility index (Phi) is 15.0. The van der Waals surface area contributed by atoms with E-state index in [-0.39, 0.29) is 12.4 Å². The van der Waals surface area contributed by atoms with E-state index in [4.69, 9.17) is 4.42 Å². The molecule has 8 nitrogen and oxygen atoms in total. The molecule has 5 aliphatic rings. The average Bonchev–Trinajstić information content (AvgIpc) is 3.86. The number of likely N-dealkylation sites (N-methyl/N-ethyl adjacent to an activating group) is 2. The number of allylic oxidation sites excluding steroid dienone is 5. The largest absolute Gasteiger partial charge is 0.464 e. The predicted molar refractivity (Wildman–Crippen MR) is 315 cm³/mol. The highest BCUT2D eigenvalue weighted by molar-refractivity contribution is 6.03. The molecule has 6 aromatic carbocycles. The minimum absolute atomic E-state index is 0. The van der Waals surface area contributed by atoms with Crippen LogP contribution in [0.3, 0.4) is 0 Å². The first-order valence-electron chi connectivity index (χ1n) is 26.4. The summed E-state index contributed by atoms with van der Waals surface area (Å²) in [6.07, 6.45) is 12.2. The summed E-state index contributed by atoms with van der Waals surface area (Å²) in [7, 11) is 17.0. The van der Waals surface area contributed by atoms with Gasteiger partial charge in [-0.2, -0.15) is 0 Å². The SMILES string of the molecule is CN(C)c1ccc(C(=C2C=CC(=[N+](C)C)C=C2)c2ccco2)cc1.CN1CCN2c3ccc(C(c4ccc(N(C)C)cc4)=c4ccc5c(c4)Cc4ccccc4C4CN(C)CC[N+]=54)cc3Cc3ccccc3C2C1.Cl. The van der Waals surface area contributed by atoms with Crippen LogP contribution in [0.4, 0.5) is 17.1 Å². The summed E-state index contributed by atoms with van der Waals surface area (Å²) in [5, 5.41) is 2.68. The summed E-state index contributed by atoms with van der Waals surface area (Å²) in [5.41, 5.74) is 20.9. The van der Waals surface area contributed by atoms with Crippen LogP contribution in [0.15, 0.2) is 186 Å². The third-order valence-electron chi connectivity index (χ3n) is 15.9. The Morgan fingerprint density at radius 1 is 0.573 bits per heavy atom. The number of halogens is 1. The lowest BCUT2D eigenvalue weighted by molar-refractivity contribution is -0.462. The molecule has 0 N–H and O–H groups in total. The van der Waals surface area contributed by atoms with Gasteiger partial charge in [0.25, 0.3) is 0 Å². The van der Waals surface area contributed by atoms with Crippen LogP contribution in [0.2, 0.25) is 0 Å². The fourth-order valence-corrected chi connectivity index (χ4v) is 11.9. The van der Waals surface area contributed by atoms with E-state index in [1.54, 1.807) is 6.26 Å². The average molecular weight is 1010 g/mol. The highest BCUT2D eigenvalue weighted by Gasteiger charge is 2.35. The fourth-order valence-electron chi connectivity index (χ4n) is 11.9. The molecule has 0 saturated carbocycles. The molecule has 1 aromatic heterocycles. The highest BCUT2D eigenvalue weighted by Crippen LogP contribution is 2.41. The van der Waals surface area contributed by atoms with E-state index in [0.29, 0.717) is 12.1 Å². The number of hydrogen-bond donors (Lipinski definition) is 0. The van der Waals surface area contributed by atoms with Crippen LogP contribution in [-0.4, -0.2) is 116 Å². The van der Waals surface area contributed by atoms with E-state index in [1.807, 2.05) is 40.3 Å². The second kappa shape index (κ2) is 21.9. The standard InChI is InChI=1S/C45H48N5.C21H23N2O.ClH/c1-46(2)38-17-13-31(14-18-38)45(34-15-19-41-36(27-34)25-32-9-5-7-11-39(32)43-29-47(3)21-23-49(41)43)35-16-20-42-37(28-35)26-33-10-6-8-12-40(33)44-30-48(4)22-24-50(42)44;1-22(2)18-11-7-16(8-12-18)21(20-6-5-15-24-20)17-9-13-19(14-10-17)23(3)4;/h5-20,27-28,43-44H,21-26,29-30H2,1-4H3;5-15H,1-4H3;1H/q2*+1;. The molecular weight excluding hydrogens is 942 g/mol. The molecule has 75 heavy (non-hydrogen) atoms. The highest BCUT2D eigenvalue weighted by atomic mass is 35.5. The topological polar surface area (TPSA) is 35.4 Å². The Labute approximate surface area is 450 Å². The van der Waals surface area contributed by atoms with E-state index < -0.39 is 0 Å². The van der Waals surface area contributed by atoms with Crippen LogP contribution in [-0.2, 0) is 12.8 Å². The number of benzene rings is 6. The fraction of sp³-hybridized carbons (Fsp3) is 0.273. The molecule has 0 amide bonds. The third kappa shape index (κ3) is 10.4. The zero-order chi connectivity index (χ0) is 51.0. The molecule has 0 radical (unpaired) electrons. The Morgan fingerprint density at radius 3 is 1.84 bits per heavy atom. The summed E-state index contributed by atoms with van der Waals surface area (Å²) < 4.78 is 10.5. The summed E-state index contributed by atoms with van der Waals surface area (Å²) in [5.74, 6) is 0.880. The van der Waals surface area contributed by atoms with E-state index in [2.05, 4.69) is 220 Å². The quantitative estimate of drug-likeness (QED) is 0.155. The zero-order valence-corrected chi connectivity index (χ0v) is 45.8. The number of fused-ring (bicyclic) bond motifs is 9. The molecule has 5 heterocycles. The van der Waals surface area contributed by atoms with Crippen molar-refractivity contribution in [1.29, 1.82) is 0 Å². The maximum atomic E-state index is 5.70. The molecule has 2 unspecified atom stereocenters. The van der Waals surface area contributed by atoms with Crippen molar-refractivity contribution in [2.45, 2.75) is 24.9 Å². The molecule has 4 aliphatic heterocycles. The lowest BCUT2D eigenvalue weighted by Gasteiger charge is -2.42. The van der Waals surface area contributed by atoms with Gasteiger partial charge in [-0.3, -0.25) is 4.90 Å². The monoisotopic (exact) mass is 1010 g/mol. The Balaban J connectivity index is 0.000000216. The molecular formula is C66H72ClN7O+2. The zero-order valence-electron chi connectivity index (χ0n) is 45.0. The normalized spacial score (nSPS) is 18.0. The molecule has 9 heteroatoms. The van der Waals surface area contributed by atoms with Crippen LogP contribution < -0.4 is 29.9 Å². The number of rotatable bonds is 6. The van der Waals surface area contributed by atoms with Gasteiger partial charge in [0, 0.05) is 106 Å². The molecule has 2 atom stereocenters. The predicted octanol–water partition coefficient (Wildman–Crippen LogP) is 9.89. The van der Waals surface area contributed by atoms with Gasteiger partial charge in [-0.15, -0.1) is 12.4 Å². The molecule has 12 rings (SSSR count). The van der Waals surface area contributed by atoms with Crippen molar-refractivity contribution in [3.63, 3.8) is 0 Å². The first-order valence-corrected chi connectivity index (χ1v) is 26.4. The maximum absolute atomic E-state index is 5.70. The van der Waals surface area contributed by atoms with Crippen molar-refractivity contribution < 1.29 is 8.99 Å². The van der Waals surface area contributed by atoms with Crippen LogP contribution in [0, 0.1) is 0 Å². The van der Waals surface area contributed by atoms with Crippen molar-refractivity contribution in [1.82, 2.24) is 14.4 Å². The van der Waals surface area contributed by atoms with E-state index in [1.165, 1.54) is 83.4 Å². The van der Waals surface area contributed by atoms with Gasteiger partial charge in [-0.05, 0) is 149 Å². The van der Waals surface area contributed by atoms with Gasteiger partial charge in [0.05, 0.1) is 25.4 Å². The molecule has 2 saturated heterocycles. The summed E-state index contributed by atoms with van der Waals surface area (Å²) >= 11 is 0. The summed E-state index contributed by atoms with van der Waals surface area (Å²) in [6, 6.07) is 55.4. The number of nitrogens with zero attached hydrogens (tertiary/aromatic N) is 7. The van der Waals surface area contributed by atoms with Gasteiger partial charge in [-0.1, -0.05) is 78.9 Å². The number of hydrogen-bond acceptors (Lipinski definition) is 6. The Hall–Kier alpha value is -7.23. The molecule has 7 aromatic rings. The van der Waals surface area contributed by atoms with Crippen LogP contribution in [0.1, 0.15) is 67.9 Å². The van der Waals surface area contributed by atoms with E-state index >= 15 is 0 Å². The number of piperazine rings is 2. The second-order valence-electron chi connectivity index (χ2n) is 21.4. The summed E-state index contributed by atoms with van der Waals surface area (Å²) in [4.78, 5) is 11.9. The van der Waals surface area contributed by atoms with Gasteiger partial charge in [0.1, 0.15) is 19.9 Å². The van der Waals surface area contributed by atoms with Gasteiger partial charge >= 0.3 is 0 Å². The van der Waals surface area contributed by atoms with Gasteiger partial charge < -0.3 is 24.0 Å². The maximum Gasteiger partial charge on any atom is 0.204 e. The first kappa shape index (κ1) is 51.3. The minimum Gasteiger partial charge on any atom is -0.464 e. The minimum atomic E-state index is 0. The third-order valence-corrected chi connectivity index (χ3v) is 15.9. The van der Waals surface area contributed by atoms with Crippen molar-refractivity contribution in [2.75, 3.05) is 110 Å². The van der Waals surface area contributed by atoms with Gasteiger partial charge in [0.15, 0.2) is 18.3 Å². The molecule has 2 fully saturated rings. The van der Waals surface area contributed by atoms with Crippen molar-refractivity contribution in [3.8, 4) is 0 Å². The van der Waals surface area contributed by atoms with Gasteiger partial charge in [0.2, 0.25) is 5.36 Å². The molecule has 0 bridgehead atoms. The van der Waals surface area contributed by atoms with Crippen molar-refractivity contribution in [2.24, 2.45) is 0 Å². The van der Waals surface area contributed by atoms with Crippen LogP contribution in [0.25, 0.3) is 11.1 Å². The number of furan rings is 1. The molecule has 0 spiro atoms. The van der Waals surface area contributed by atoms with Crippen LogP contribution in [0.5, 0.6) is 0 Å². The van der Waals surface area contributed by atoms with Gasteiger partial charge in [-0.25, -0.2) is 9.15 Å². The Bertz CT molecular complexity index is 3450. The van der Waals surface area contributed by atoms with E-state index in [9.17, 15) is 0 Å². The number of anilines is 3.